The predicted octanol–water partition coefficient (Wildman–Crippen LogP) is -1.24. The lowest BCUT2D eigenvalue weighted by atomic mass is 10.3. The van der Waals surface area contributed by atoms with Gasteiger partial charge in [-0.3, -0.25) is 10.0 Å². The Labute approximate surface area is 166 Å². The van der Waals surface area contributed by atoms with Gasteiger partial charge < -0.3 is 30.2 Å². The first-order valence-corrected chi connectivity index (χ1v) is 12.1. The minimum Gasteiger partial charge on any atom is -0.382 e. The van der Waals surface area contributed by atoms with Gasteiger partial charge in [0.2, 0.25) is 0 Å². The molecule has 0 saturated carbocycles. The number of phosphoric acid groups is 3. The number of nitrogens with two attached hydrogens (primary N) is 1. The van der Waals surface area contributed by atoms with Gasteiger partial charge in [-0.15, -0.1) is 5.59 Å². The van der Waals surface area contributed by atoms with E-state index in [1.807, 2.05) is 0 Å². The van der Waals surface area contributed by atoms with Gasteiger partial charge in [-0.25, -0.2) is 28.7 Å². The second-order valence-electron chi connectivity index (χ2n) is 5.64. The molecule has 30 heavy (non-hydrogen) atoms. The normalized spacial score (nSPS) is 24.0. The molecule has 19 nitrogen and oxygen atoms in total. The van der Waals surface area contributed by atoms with Crippen molar-refractivity contribution in [3.8, 4) is 0 Å². The van der Waals surface area contributed by atoms with E-state index in [0.29, 0.717) is 11.5 Å². The van der Waals surface area contributed by atoms with E-state index in [0.717, 1.165) is 11.5 Å². The van der Waals surface area contributed by atoms with Crippen LogP contribution in [0.2, 0.25) is 0 Å². The largest absolute Gasteiger partial charge is 0.502 e. The topological polar surface area (TPSA) is 263 Å². The van der Waals surface area contributed by atoms with E-state index >= 15 is 0 Å². The Morgan fingerprint density at radius 3 is 2.47 bits per heavy atom. The predicted molar refractivity (Wildman–Crippen MR) is 92.3 cm³/mol. The zero-order valence-electron chi connectivity index (χ0n) is 14.5. The Bertz CT molecular complexity index is 944. The maximum atomic E-state index is 12.1. The number of anilines is 3. The summed E-state index contributed by atoms with van der Waals surface area (Å²) in [4.78, 5) is 50.7. The quantitative estimate of drug-likeness (QED) is 0.164. The number of nitrogens with zero attached hydrogens (tertiary/aromatic N) is 5. The number of hydrogen-bond donors (Lipinski definition) is 7. The molecule has 3 atom stereocenters. The van der Waals surface area contributed by atoms with Crippen LogP contribution in [0, 0.1) is 0 Å². The van der Waals surface area contributed by atoms with Crippen LogP contribution in [0.1, 0.15) is 6.42 Å². The van der Waals surface area contributed by atoms with Gasteiger partial charge in [0.25, 0.3) is 0 Å². The van der Waals surface area contributed by atoms with Gasteiger partial charge in [0, 0.05) is 13.0 Å². The molecule has 8 N–H and O–H groups in total. The fourth-order valence-electron chi connectivity index (χ4n) is 2.59. The number of nitrogen functional groups attached to an aromatic ring is 1. The van der Waals surface area contributed by atoms with E-state index in [4.69, 9.17) is 30.2 Å². The molecule has 3 heterocycles. The van der Waals surface area contributed by atoms with E-state index in [1.165, 1.54) is 4.90 Å². The molecule has 1 saturated heterocycles. The third-order valence-electron chi connectivity index (χ3n) is 3.54. The lowest BCUT2D eigenvalue weighted by Crippen LogP contribution is -2.40. The van der Waals surface area contributed by atoms with Gasteiger partial charge in [-0.2, -0.15) is 13.2 Å². The first-order chi connectivity index (χ1) is 13.8. The van der Waals surface area contributed by atoms with Crippen molar-refractivity contribution in [2.24, 2.45) is 0 Å². The summed E-state index contributed by atoms with van der Waals surface area (Å²) in [5.74, 6) is -0.123. The number of hydrogen-bond acceptors (Lipinski definition) is 15. The van der Waals surface area contributed by atoms with E-state index in [2.05, 4.69) is 18.6 Å². The van der Waals surface area contributed by atoms with E-state index in [1.54, 1.807) is 5.59 Å². The molecular formula is C8H16N7O12P3. The van der Waals surface area contributed by atoms with Gasteiger partial charge in [0.1, 0.15) is 13.0 Å². The number of hydrazine groups is 1. The molecule has 1 aromatic rings. The molecule has 0 bridgehead atoms. The molecule has 170 valence electrons. The van der Waals surface area contributed by atoms with Crippen molar-refractivity contribution in [2.75, 3.05) is 28.9 Å². The number of aromatic nitrogens is 2. The molecule has 0 aromatic carbocycles. The summed E-state index contributed by atoms with van der Waals surface area (Å²) in [5.41, 5.74) is 7.42. The average molecular weight is 495 g/mol. The molecule has 0 amide bonds. The van der Waals surface area contributed by atoms with Crippen LogP contribution in [0.5, 0.6) is 0 Å². The Morgan fingerprint density at radius 2 is 1.87 bits per heavy atom. The molecule has 3 rings (SSSR count). The van der Waals surface area contributed by atoms with Crippen molar-refractivity contribution >= 4 is 40.8 Å². The van der Waals surface area contributed by atoms with Crippen LogP contribution in [0.25, 0.3) is 0 Å². The fourth-order valence-corrected chi connectivity index (χ4v) is 5.60. The SMILES string of the molecule is Nc1ncnc2c1N(OP(=O)(O)OP(=O)(O)OP(=O)(O)O)CN2[C@H]1CCN(NO)O1. The zero-order valence-corrected chi connectivity index (χ0v) is 17.2. The Morgan fingerprint density at radius 1 is 1.17 bits per heavy atom. The molecule has 2 unspecified atom stereocenters. The fraction of sp³-hybridized carbons (Fsp3) is 0.500. The van der Waals surface area contributed by atoms with Gasteiger partial charge in [-0.05, 0) is 0 Å². The Balaban J connectivity index is 1.80. The first-order valence-electron chi connectivity index (χ1n) is 7.62. The molecule has 22 heteroatoms. The van der Waals surface area contributed by atoms with Gasteiger partial charge in [-0.1, -0.05) is 5.17 Å². The smallest absolute Gasteiger partial charge is 0.382 e. The monoisotopic (exact) mass is 495 g/mol. The maximum absolute atomic E-state index is 12.1. The minimum atomic E-state index is -5.71. The number of rotatable bonds is 8. The highest BCUT2D eigenvalue weighted by molar-refractivity contribution is 7.66. The second-order valence-corrected chi connectivity index (χ2v) is 9.97. The van der Waals surface area contributed by atoms with Crippen LogP contribution in [0.4, 0.5) is 17.3 Å². The summed E-state index contributed by atoms with van der Waals surface area (Å²) in [6.07, 6.45) is 0.680. The Kier molecular flexibility index (Phi) is 6.51. The summed E-state index contributed by atoms with van der Waals surface area (Å²) >= 11 is 0. The van der Waals surface area contributed by atoms with Crippen LogP contribution in [-0.4, -0.2) is 59.4 Å². The summed E-state index contributed by atoms with van der Waals surface area (Å²) < 4.78 is 46.4. The second kappa shape index (κ2) is 8.34. The zero-order chi connectivity index (χ0) is 22.3. The number of hydroxylamine groups is 2. The summed E-state index contributed by atoms with van der Waals surface area (Å²) in [6.45, 7) is -0.116. The first kappa shape index (κ1) is 23.4. The lowest BCUT2D eigenvalue weighted by Gasteiger charge is -2.26. The molecule has 2 aliphatic heterocycles. The molecule has 1 fully saturated rings. The van der Waals surface area contributed by atoms with Crippen molar-refractivity contribution in [1.29, 1.82) is 0 Å². The number of nitrogens with one attached hydrogen (secondary N) is 1. The molecule has 0 aliphatic carbocycles. The molecule has 1 aromatic heterocycles. The number of fused-ring (bicyclic) bond motifs is 1. The van der Waals surface area contributed by atoms with Gasteiger partial charge in [0.05, 0.1) is 0 Å². The summed E-state index contributed by atoms with van der Waals surface area (Å²) in [5, 5.41) is 10.6. The van der Waals surface area contributed by atoms with Crippen LogP contribution in [0.15, 0.2) is 6.33 Å². The van der Waals surface area contributed by atoms with Crippen molar-refractivity contribution in [3.05, 3.63) is 6.33 Å². The Hall–Kier alpha value is -1.27. The standard InChI is InChI=1S/C8H16N7O12P3/c9-7-6-8(11-3-10-7)13(5-1-2-15(12-16)24-5)4-14(6)25-29(20,21)27-30(22,23)26-28(17,18)19/h3,5,12,16H,1-2,4H2,(H,20,21)(H,22,23)(H2,9,10,11)(H2,17,18,19)/t5-/m1/s1. The van der Waals surface area contributed by atoms with Crippen molar-refractivity contribution in [1.82, 2.24) is 20.7 Å². The van der Waals surface area contributed by atoms with Crippen LogP contribution < -0.4 is 21.3 Å². The highest BCUT2D eigenvalue weighted by Crippen LogP contribution is 2.67. The van der Waals surface area contributed by atoms with Crippen molar-refractivity contribution in [2.45, 2.75) is 12.6 Å². The van der Waals surface area contributed by atoms with Crippen molar-refractivity contribution in [3.63, 3.8) is 0 Å². The van der Waals surface area contributed by atoms with E-state index in [9.17, 15) is 23.5 Å². The van der Waals surface area contributed by atoms with Crippen LogP contribution in [-0.2, 0) is 31.8 Å². The molecule has 0 spiro atoms. The lowest BCUT2D eigenvalue weighted by molar-refractivity contribution is -0.242. The molecule has 2 aliphatic rings. The van der Waals surface area contributed by atoms with Gasteiger partial charge >= 0.3 is 23.5 Å². The van der Waals surface area contributed by atoms with E-state index in [-0.39, 0.29) is 30.5 Å². The van der Waals surface area contributed by atoms with Crippen LogP contribution in [0.3, 0.4) is 0 Å². The summed E-state index contributed by atoms with van der Waals surface area (Å²) in [7, 11) is -16.7. The van der Waals surface area contributed by atoms with Crippen molar-refractivity contribution < 1.29 is 56.6 Å². The van der Waals surface area contributed by atoms with Crippen LogP contribution >= 0.6 is 23.5 Å². The highest BCUT2D eigenvalue weighted by atomic mass is 31.3. The molecular weight excluding hydrogens is 479 g/mol. The molecule has 0 radical (unpaired) electrons. The maximum Gasteiger partial charge on any atom is 0.502 e. The minimum absolute atomic E-state index is 0.0888. The van der Waals surface area contributed by atoms with E-state index < -0.39 is 29.7 Å². The summed E-state index contributed by atoms with van der Waals surface area (Å²) in [6, 6.07) is 0. The van der Waals surface area contributed by atoms with Gasteiger partial charge in [0.15, 0.2) is 23.6 Å². The third-order valence-corrected chi connectivity index (χ3v) is 7.27. The average Bonchev–Trinajstić information content (AvgIpc) is 3.16. The highest BCUT2D eigenvalue weighted by Gasteiger charge is 2.46. The third kappa shape index (κ3) is 5.50.